The predicted molar refractivity (Wildman–Crippen MR) is 68.1 cm³/mol. The van der Waals surface area contributed by atoms with Crippen molar-refractivity contribution >= 4 is 31.6 Å². The fourth-order valence-electron chi connectivity index (χ4n) is 1.67. The van der Waals surface area contributed by atoms with Gasteiger partial charge in [0.1, 0.15) is 10.7 Å². The maximum atomic E-state index is 13.8. The zero-order valence-corrected chi connectivity index (χ0v) is 11.8. The van der Waals surface area contributed by atoms with Crippen molar-refractivity contribution in [2.45, 2.75) is 4.90 Å². The smallest absolute Gasteiger partial charge is 0.246 e. The van der Waals surface area contributed by atoms with Crippen molar-refractivity contribution in [2.24, 2.45) is 0 Å². The summed E-state index contributed by atoms with van der Waals surface area (Å²) in [4.78, 5) is -0.398. The fourth-order valence-corrected chi connectivity index (χ4v) is 3.47. The molecule has 5 nitrogen and oxygen atoms in total. The Kier molecular flexibility index (Phi) is 3.90. The standard InChI is InChI=1S/C10H12BrFN2O3S/c11-7-5-8(12)10(6-9(7)13)18(15,16)14-1-3-17-4-2-14/h5-6H,1-4,13H2. The van der Waals surface area contributed by atoms with Gasteiger partial charge in [0.25, 0.3) is 0 Å². The number of morpholine rings is 1. The van der Waals surface area contributed by atoms with Crippen molar-refractivity contribution in [1.82, 2.24) is 4.31 Å². The van der Waals surface area contributed by atoms with Gasteiger partial charge in [-0.15, -0.1) is 0 Å². The van der Waals surface area contributed by atoms with Crippen LogP contribution in [0.4, 0.5) is 10.1 Å². The minimum Gasteiger partial charge on any atom is -0.398 e. The molecule has 0 aromatic heterocycles. The Hall–Kier alpha value is -0.700. The van der Waals surface area contributed by atoms with Crippen molar-refractivity contribution in [3.63, 3.8) is 0 Å². The van der Waals surface area contributed by atoms with Crippen LogP contribution in [0.25, 0.3) is 0 Å². The second-order valence-electron chi connectivity index (χ2n) is 3.82. The number of nitrogens with two attached hydrogens (primary N) is 1. The third-order valence-corrected chi connectivity index (χ3v) is 5.24. The monoisotopic (exact) mass is 338 g/mol. The van der Waals surface area contributed by atoms with E-state index in [4.69, 9.17) is 10.5 Å². The lowest BCUT2D eigenvalue weighted by Crippen LogP contribution is -2.40. The maximum absolute atomic E-state index is 13.8. The average Bonchev–Trinajstić information content (AvgIpc) is 2.34. The first kappa shape index (κ1) is 13.7. The number of halogens is 2. The van der Waals surface area contributed by atoms with E-state index in [1.807, 2.05) is 0 Å². The van der Waals surface area contributed by atoms with Crippen LogP contribution in [0.3, 0.4) is 0 Å². The van der Waals surface area contributed by atoms with E-state index in [1.165, 1.54) is 4.31 Å². The van der Waals surface area contributed by atoms with Gasteiger partial charge in [-0.3, -0.25) is 0 Å². The molecule has 18 heavy (non-hydrogen) atoms. The first-order valence-corrected chi connectivity index (χ1v) is 7.48. The molecule has 0 saturated carbocycles. The molecule has 0 radical (unpaired) electrons. The fraction of sp³-hybridized carbons (Fsp3) is 0.400. The van der Waals surface area contributed by atoms with Crippen LogP contribution in [0.2, 0.25) is 0 Å². The summed E-state index contributed by atoms with van der Waals surface area (Å²) in [6.07, 6.45) is 0. The van der Waals surface area contributed by atoms with Crippen LogP contribution < -0.4 is 5.73 Å². The maximum Gasteiger partial charge on any atom is 0.246 e. The molecule has 1 heterocycles. The van der Waals surface area contributed by atoms with Gasteiger partial charge >= 0.3 is 0 Å². The van der Waals surface area contributed by atoms with E-state index in [-0.39, 0.29) is 18.8 Å². The second-order valence-corrected chi connectivity index (χ2v) is 6.58. The number of nitrogen functional groups attached to an aromatic ring is 1. The number of rotatable bonds is 2. The summed E-state index contributed by atoms with van der Waals surface area (Å²) in [6, 6.07) is 2.19. The van der Waals surface area contributed by atoms with Crippen LogP contribution in [0, 0.1) is 5.82 Å². The number of anilines is 1. The minimum atomic E-state index is -3.85. The molecule has 100 valence electrons. The summed E-state index contributed by atoms with van der Waals surface area (Å²) in [6.45, 7) is 1.06. The highest BCUT2D eigenvalue weighted by Gasteiger charge is 2.29. The molecule has 0 spiro atoms. The number of hydrogen-bond acceptors (Lipinski definition) is 4. The molecule has 1 aromatic rings. The van der Waals surface area contributed by atoms with E-state index < -0.39 is 20.7 Å². The van der Waals surface area contributed by atoms with Gasteiger partial charge in [0.05, 0.1) is 13.2 Å². The van der Waals surface area contributed by atoms with E-state index >= 15 is 0 Å². The van der Waals surface area contributed by atoms with Crippen LogP contribution in [0.1, 0.15) is 0 Å². The Morgan fingerprint density at radius 1 is 1.33 bits per heavy atom. The van der Waals surface area contributed by atoms with Gasteiger partial charge in [0, 0.05) is 23.2 Å². The first-order valence-electron chi connectivity index (χ1n) is 5.25. The molecule has 0 unspecified atom stereocenters. The van der Waals surface area contributed by atoms with Crippen molar-refractivity contribution in [1.29, 1.82) is 0 Å². The van der Waals surface area contributed by atoms with Crippen molar-refractivity contribution < 1.29 is 17.5 Å². The molecule has 1 aliphatic rings. The molecule has 0 bridgehead atoms. The molecule has 1 aromatic carbocycles. The third kappa shape index (κ3) is 2.51. The van der Waals surface area contributed by atoms with Crippen LogP contribution in [0.15, 0.2) is 21.5 Å². The molecule has 0 aliphatic carbocycles. The van der Waals surface area contributed by atoms with Crippen LogP contribution >= 0.6 is 15.9 Å². The predicted octanol–water partition coefficient (Wildman–Crippen LogP) is 1.19. The Balaban J connectivity index is 2.43. The Labute approximate surface area is 113 Å². The summed E-state index contributed by atoms with van der Waals surface area (Å²) >= 11 is 3.05. The summed E-state index contributed by atoms with van der Waals surface area (Å²) in [5.41, 5.74) is 5.78. The molecule has 2 N–H and O–H groups in total. The average molecular weight is 339 g/mol. The number of benzene rings is 1. The molecule has 1 fully saturated rings. The zero-order chi connectivity index (χ0) is 13.3. The number of hydrogen-bond donors (Lipinski definition) is 1. The van der Waals surface area contributed by atoms with Crippen molar-refractivity contribution in [3.05, 3.63) is 22.4 Å². The highest BCUT2D eigenvalue weighted by molar-refractivity contribution is 9.10. The van der Waals surface area contributed by atoms with Gasteiger partial charge in [0.2, 0.25) is 10.0 Å². The summed E-state index contributed by atoms with van der Waals surface area (Å²) in [7, 11) is -3.85. The molecule has 0 atom stereocenters. The van der Waals surface area contributed by atoms with Gasteiger partial charge < -0.3 is 10.5 Å². The number of sulfonamides is 1. The van der Waals surface area contributed by atoms with Crippen molar-refractivity contribution in [3.8, 4) is 0 Å². The summed E-state index contributed by atoms with van der Waals surface area (Å²) in [5, 5.41) is 0. The Morgan fingerprint density at radius 2 is 1.94 bits per heavy atom. The van der Waals surface area contributed by atoms with Gasteiger partial charge in [0.15, 0.2) is 0 Å². The zero-order valence-electron chi connectivity index (χ0n) is 9.40. The first-order chi connectivity index (χ1) is 8.43. The van der Waals surface area contributed by atoms with E-state index in [9.17, 15) is 12.8 Å². The largest absolute Gasteiger partial charge is 0.398 e. The summed E-state index contributed by atoms with van der Waals surface area (Å²) in [5.74, 6) is -0.817. The highest BCUT2D eigenvalue weighted by Crippen LogP contribution is 2.28. The van der Waals surface area contributed by atoms with Gasteiger partial charge in [-0.25, -0.2) is 12.8 Å². The Morgan fingerprint density at radius 3 is 2.56 bits per heavy atom. The minimum absolute atomic E-state index is 0.184. The molecule has 8 heteroatoms. The quantitative estimate of drug-likeness (QED) is 0.822. The van der Waals surface area contributed by atoms with E-state index in [1.54, 1.807) is 0 Å². The topological polar surface area (TPSA) is 72.6 Å². The molecule has 0 amide bonds. The number of nitrogens with zero attached hydrogens (tertiary/aromatic N) is 1. The lowest BCUT2D eigenvalue weighted by Gasteiger charge is -2.26. The molecule has 1 saturated heterocycles. The third-order valence-electron chi connectivity index (χ3n) is 2.64. The number of ether oxygens (including phenoxy) is 1. The van der Waals surface area contributed by atoms with Gasteiger partial charge in [-0.2, -0.15) is 4.31 Å². The van der Waals surface area contributed by atoms with Gasteiger partial charge in [-0.1, -0.05) is 0 Å². The van der Waals surface area contributed by atoms with E-state index in [0.717, 1.165) is 12.1 Å². The van der Waals surface area contributed by atoms with E-state index in [2.05, 4.69) is 15.9 Å². The molecular formula is C10H12BrFN2O3S. The summed E-state index contributed by atoms with van der Waals surface area (Å²) < 4.78 is 44.8. The van der Waals surface area contributed by atoms with E-state index in [0.29, 0.717) is 17.7 Å². The molecule has 2 rings (SSSR count). The van der Waals surface area contributed by atoms with Crippen molar-refractivity contribution in [2.75, 3.05) is 32.0 Å². The van der Waals surface area contributed by atoms with Crippen LogP contribution in [-0.2, 0) is 14.8 Å². The van der Waals surface area contributed by atoms with Crippen LogP contribution in [-0.4, -0.2) is 39.0 Å². The Bertz CT molecular complexity index is 558. The lowest BCUT2D eigenvalue weighted by molar-refractivity contribution is 0.0729. The van der Waals surface area contributed by atoms with Gasteiger partial charge in [-0.05, 0) is 28.1 Å². The SMILES string of the molecule is Nc1cc(S(=O)(=O)N2CCOCC2)c(F)cc1Br. The lowest BCUT2D eigenvalue weighted by atomic mass is 10.3. The second kappa shape index (κ2) is 5.12. The molecular weight excluding hydrogens is 327 g/mol. The highest BCUT2D eigenvalue weighted by atomic mass is 79.9. The normalized spacial score (nSPS) is 17.9. The molecule has 1 aliphatic heterocycles. The van der Waals surface area contributed by atoms with Crippen LogP contribution in [0.5, 0.6) is 0 Å².